The summed E-state index contributed by atoms with van der Waals surface area (Å²) in [5.41, 5.74) is 3.69. The Labute approximate surface area is 165 Å². The van der Waals surface area contributed by atoms with Crippen molar-refractivity contribution in [3.8, 4) is 5.75 Å². The SMILES string of the molecule is CCCN(CCC)Cc1cc(Nc2ccnc3cc(Cl)ccc23)ccc1O. The summed E-state index contributed by atoms with van der Waals surface area (Å²) in [6.45, 7) is 7.17. The Balaban J connectivity index is 1.86. The van der Waals surface area contributed by atoms with Crippen molar-refractivity contribution in [1.29, 1.82) is 0 Å². The Bertz CT molecular complexity index is 907. The van der Waals surface area contributed by atoms with Crippen molar-refractivity contribution in [2.75, 3.05) is 18.4 Å². The number of nitrogens with zero attached hydrogens (tertiary/aromatic N) is 2. The summed E-state index contributed by atoms with van der Waals surface area (Å²) in [6, 6.07) is 13.3. The van der Waals surface area contributed by atoms with Crippen LogP contribution < -0.4 is 5.32 Å². The van der Waals surface area contributed by atoms with Crippen molar-refractivity contribution >= 4 is 33.9 Å². The van der Waals surface area contributed by atoms with Gasteiger partial charge in [0.15, 0.2) is 0 Å². The number of aromatic hydroxyl groups is 1. The first kappa shape index (κ1) is 19.5. The summed E-state index contributed by atoms with van der Waals surface area (Å²) < 4.78 is 0. The molecule has 0 bridgehead atoms. The molecule has 4 nitrogen and oxygen atoms in total. The molecule has 3 aromatic rings. The highest BCUT2D eigenvalue weighted by Gasteiger charge is 2.10. The molecule has 0 aliphatic rings. The molecule has 0 fully saturated rings. The minimum Gasteiger partial charge on any atom is -0.508 e. The summed E-state index contributed by atoms with van der Waals surface area (Å²) in [5, 5.41) is 15.4. The number of halogens is 1. The molecule has 0 atom stereocenters. The molecule has 5 heteroatoms. The fourth-order valence-electron chi connectivity index (χ4n) is 3.32. The zero-order valence-corrected chi connectivity index (χ0v) is 16.6. The van der Waals surface area contributed by atoms with Crippen LogP contribution in [0.15, 0.2) is 48.7 Å². The first-order valence-corrected chi connectivity index (χ1v) is 9.84. The highest BCUT2D eigenvalue weighted by atomic mass is 35.5. The fraction of sp³-hybridized carbons (Fsp3) is 0.318. The van der Waals surface area contributed by atoms with Crippen molar-refractivity contribution in [3.05, 3.63) is 59.2 Å². The number of benzene rings is 2. The van der Waals surface area contributed by atoms with Gasteiger partial charge < -0.3 is 10.4 Å². The van der Waals surface area contributed by atoms with Gasteiger partial charge in [-0.15, -0.1) is 0 Å². The van der Waals surface area contributed by atoms with Crippen LogP contribution in [0.25, 0.3) is 10.9 Å². The van der Waals surface area contributed by atoms with Gasteiger partial charge in [-0.3, -0.25) is 9.88 Å². The van der Waals surface area contributed by atoms with E-state index in [0.717, 1.165) is 60.3 Å². The van der Waals surface area contributed by atoms with E-state index in [-0.39, 0.29) is 0 Å². The molecule has 0 saturated heterocycles. The quantitative estimate of drug-likeness (QED) is 0.471. The number of hydrogen-bond acceptors (Lipinski definition) is 4. The van der Waals surface area contributed by atoms with Crippen LogP contribution in [-0.2, 0) is 6.54 Å². The van der Waals surface area contributed by atoms with Gasteiger partial charge in [-0.25, -0.2) is 0 Å². The summed E-state index contributed by atoms with van der Waals surface area (Å²) in [7, 11) is 0. The highest BCUT2D eigenvalue weighted by molar-refractivity contribution is 6.31. The Morgan fingerprint density at radius 2 is 1.81 bits per heavy atom. The molecule has 0 unspecified atom stereocenters. The van der Waals surface area contributed by atoms with E-state index in [4.69, 9.17) is 11.6 Å². The van der Waals surface area contributed by atoms with Crippen molar-refractivity contribution in [2.45, 2.75) is 33.2 Å². The lowest BCUT2D eigenvalue weighted by atomic mass is 10.1. The third kappa shape index (κ3) is 4.90. The molecule has 3 rings (SSSR count). The standard InChI is InChI=1S/C22H26ClN3O/c1-3-11-26(12-4-2)15-16-13-18(6-8-22(16)27)25-20-9-10-24-21-14-17(23)5-7-19(20)21/h5-10,13-14,27H,3-4,11-12,15H2,1-2H3,(H,24,25). The van der Waals surface area contributed by atoms with E-state index in [0.29, 0.717) is 10.8 Å². The number of fused-ring (bicyclic) bond motifs is 1. The Kier molecular flexibility index (Phi) is 6.54. The van der Waals surface area contributed by atoms with Gasteiger partial charge in [0.2, 0.25) is 0 Å². The van der Waals surface area contributed by atoms with Gasteiger partial charge in [-0.05, 0) is 68.4 Å². The van der Waals surface area contributed by atoms with Gasteiger partial charge in [-0.1, -0.05) is 25.4 Å². The number of aromatic nitrogens is 1. The molecule has 0 aliphatic carbocycles. The van der Waals surface area contributed by atoms with Crippen molar-refractivity contribution < 1.29 is 5.11 Å². The zero-order valence-electron chi connectivity index (χ0n) is 15.9. The van der Waals surface area contributed by atoms with Crippen molar-refractivity contribution in [3.63, 3.8) is 0 Å². The maximum Gasteiger partial charge on any atom is 0.120 e. The van der Waals surface area contributed by atoms with Crippen LogP contribution in [-0.4, -0.2) is 28.1 Å². The molecule has 2 aromatic carbocycles. The molecule has 0 amide bonds. The van der Waals surface area contributed by atoms with E-state index in [1.54, 1.807) is 12.3 Å². The second-order valence-corrected chi connectivity index (χ2v) is 7.20. The topological polar surface area (TPSA) is 48.4 Å². The van der Waals surface area contributed by atoms with E-state index >= 15 is 0 Å². The van der Waals surface area contributed by atoms with E-state index in [1.807, 2.05) is 36.4 Å². The minimum atomic E-state index is 0.337. The highest BCUT2D eigenvalue weighted by Crippen LogP contribution is 2.29. The second kappa shape index (κ2) is 9.07. The molecular weight excluding hydrogens is 358 g/mol. The average Bonchev–Trinajstić information content (AvgIpc) is 2.65. The lowest BCUT2D eigenvalue weighted by molar-refractivity contribution is 0.263. The number of phenols is 1. The van der Waals surface area contributed by atoms with E-state index < -0.39 is 0 Å². The van der Waals surface area contributed by atoms with Gasteiger partial charge in [0.25, 0.3) is 0 Å². The monoisotopic (exact) mass is 383 g/mol. The van der Waals surface area contributed by atoms with Gasteiger partial charge in [0.05, 0.1) is 5.52 Å². The van der Waals surface area contributed by atoms with Gasteiger partial charge in [-0.2, -0.15) is 0 Å². The van der Waals surface area contributed by atoms with Gasteiger partial charge >= 0.3 is 0 Å². The summed E-state index contributed by atoms with van der Waals surface area (Å²) in [6.07, 6.45) is 3.97. The largest absolute Gasteiger partial charge is 0.508 e. The number of hydrogen-bond donors (Lipinski definition) is 2. The number of pyridine rings is 1. The molecule has 0 spiro atoms. The van der Waals surface area contributed by atoms with E-state index in [9.17, 15) is 5.11 Å². The van der Waals surface area contributed by atoms with Crippen LogP contribution >= 0.6 is 11.6 Å². The molecule has 142 valence electrons. The molecule has 27 heavy (non-hydrogen) atoms. The minimum absolute atomic E-state index is 0.337. The van der Waals surface area contributed by atoms with Crippen LogP contribution in [0, 0.1) is 0 Å². The maximum atomic E-state index is 10.3. The van der Waals surface area contributed by atoms with Crippen molar-refractivity contribution in [2.24, 2.45) is 0 Å². The third-order valence-electron chi connectivity index (χ3n) is 4.54. The summed E-state index contributed by atoms with van der Waals surface area (Å²) in [5.74, 6) is 0.337. The van der Waals surface area contributed by atoms with Crippen LogP contribution in [0.5, 0.6) is 5.75 Å². The lowest BCUT2D eigenvalue weighted by Gasteiger charge is -2.22. The van der Waals surface area contributed by atoms with Crippen molar-refractivity contribution in [1.82, 2.24) is 9.88 Å². The number of nitrogens with one attached hydrogen (secondary N) is 1. The Morgan fingerprint density at radius 1 is 1.04 bits per heavy atom. The predicted octanol–water partition coefficient (Wildman–Crippen LogP) is 5.96. The Hall–Kier alpha value is -2.30. The third-order valence-corrected chi connectivity index (χ3v) is 4.77. The number of rotatable bonds is 8. The van der Waals surface area contributed by atoms with Crippen LogP contribution in [0.2, 0.25) is 5.02 Å². The van der Waals surface area contributed by atoms with E-state index in [2.05, 4.69) is 29.0 Å². The Morgan fingerprint density at radius 3 is 2.56 bits per heavy atom. The van der Waals surface area contributed by atoms with E-state index in [1.165, 1.54) is 0 Å². The average molecular weight is 384 g/mol. The van der Waals surface area contributed by atoms with Gasteiger partial charge in [0.1, 0.15) is 5.75 Å². The molecule has 0 radical (unpaired) electrons. The predicted molar refractivity (Wildman–Crippen MR) is 114 cm³/mol. The first-order valence-electron chi connectivity index (χ1n) is 9.46. The normalized spacial score (nSPS) is 11.3. The smallest absolute Gasteiger partial charge is 0.120 e. The summed E-state index contributed by atoms with van der Waals surface area (Å²) >= 11 is 6.08. The molecule has 2 N–H and O–H groups in total. The maximum absolute atomic E-state index is 10.3. The van der Waals surface area contributed by atoms with Crippen LogP contribution in [0.1, 0.15) is 32.3 Å². The van der Waals surface area contributed by atoms with Crippen LogP contribution in [0.3, 0.4) is 0 Å². The summed E-state index contributed by atoms with van der Waals surface area (Å²) in [4.78, 5) is 6.76. The molecule has 0 saturated carbocycles. The molecular formula is C22H26ClN3O. The van der Waals surface area contributed by atoms with Crippen LogP contribution in [0.4, 0.5) is 11.4 Å². The first-order chi connectivity index (χ1) is 13.1. The molecule has 1 heterocycles. The lowest BCUT2D eigenvalue weighted by Crippen LogP contribution is -2.24. The molecule has 0 aliphatic heterocycles. The number of phenolic OH excluding ortho intramolecular Hbond substituents is 1. The number of anilines is 2. The zero-order chi connectivity index (χ0) is 19.2. The fourth-order valence-corrected chi connectivity index (χ4v) is 3.49. The molecule has 1 aromatic heterocycles. The van der Waals surface area contributed by atoms with Gasteiger partial charge in [0, 0.05) is 40.1 Å². The second-order valence-electron chi connectivity index (χ2n) is 6.76.